The van der Waals surface area contributed by atoms with Gasteiger partial charge >= 0.3 is 5.97 Å². The molecule has 0 amide bonds. The Balaban J connectivity index is 1.72. The zero-order valence-corrected chi connectivity index (χ0v) is 9.44. The molecule has 4 aliphatic rings. The van der Waals surface area contributed by atoms with Crippen molar-refractivity contribution in [3.63, 3.8) is 0 Å². The van der Waals surface area contributed by atoms with Crippen LogP contribution in [0.3, 0.4) is 0 Å². The third-order valence-corrected chi connectivity index (χ3v) is 5.41. The molecule has 1 saturated heterocycles. The molecule has 4 rings (SSSR count). The summed E-state index contributed by atoms with van der Waals surface area (Å²) in [6, 6.07) is 0. The van der Waals surface area contributed by atoms with Gasteiger partial charge in [0.2, 0.25) is 0 Å². The van der Waals surface area contributed by atoms with Crippen LogP contribution in [-0.2, 0) is 14.3 Å². The largest absolute Gasteiger partial charge is 0.469 e. The molecule has 0 aromatic rings. The molecule has 5 atom stereocenters. The van der Waals surface area contributed by atoms with E-state index in [1.54, 1.807) is 0 Å². The highest BCUT2D eigenvalue weighted by molar-refractivity contribution is 5.72. The number of esters is 1. The van der Waals surface area contributed by atoms with Crippen LogP contribution < -0.4 is 0 Å². The minimum Gasteiger partial charge on any atom is -0.469 e. The molecular formula is C13H16O3. The molecule has 1 spiro atoms. The van der Waals surface area contributed by atoms with Gasteiger partial charge in [0.25, 0.3) is 0 Å². The van der Waals surface area contributed by atoms with Crippen LogP contribution in [0.4, 0.5) is 0 Å². The number of ether oxygens (including phenoxy) is 2. The standard InChI is InChI=1S/C13H16O3/c1-15-11(14)7-12-6-8-4-5-16-13(12)9(8)2-3-10(12)13/h2-3,8-10H,4-7H2,1H3. The van der Waals surface area contributed by atoms with E-state index in [4.69, 9.17) is 9.47 Å². The van der Waals surface area contributed by atoms with Crippen molar-refractivity contribution in [1.29, 1.82) is 0 Å². The highest BCUT2D eigenvalue weighted by atomic mass is 16.5. The van der Waals surface area contributed by atoms with Gasteiger partial charge in [0.1, 0.15) is 0 Å². The van der Waals surface area contributed by atoms with Crippen LogP contribution >= 0.6 is 0 Å². The molecule has 3 aliphatic carbocycles. The van der Waals surface area contributed by atoms with Gasteiger partial charge in [-0.2, -0.15) is 0 Å². The zero-order chi connectivity index (χ0) is 11.0. The van der Waals surface area contributed by atoms with Gasteiger partial charge in [0.05, 0.1) is 19.1 Å². The summed E-state index contributed by atoms with van der Waals surface area (Å²) in [6.45, 7) is 0.877. The van der Waals surface area contributed by atoms with E-state index in [1.807, 2.05) is 0 Å². The van der Waals surface area contributed by atoms with Crippen molar-refractivity contribution in [2.24, 2.45) is 23.2 Å². The zero-order valence-electron chi connectivity index (χ0n) is 9.44. The Morgan fingerprint density at radius 1 is 1.56 bits per heavy atom. The smallest absolute Gasteiger partial charge is 0.306 e. The van der Waals surface area contributed by atoms with E-state index < -0.39 is 0 Å². The summed E-state index contributed by atoms with van der Waals surface area (Å²) in [5.41, 5.74) is 0.102. The third-order valence-electron chi connectivity index (χ3n) is 5.41. The maximum atomic E-state index is 11.6. The topological polar surface area (TPSA) is 35.5 Å². The van der Waals surface area contributed by atoms with Gasteiger partial charge < -0.3 is 9.47 Å². The van der Waals surface area contributed by atoms with E-state index in [2.05, 4.69) is 12.2 Å². The second-order valence-corrected chi connectivity index (χ2v) is 5.69. The molecule has 0 aromatic carbocycles. The summed E-state index contributed by atoms with van der Waals surface area (Å²) in [4.78, 5) is 11.6. The lowest BCUT2D eigenvalue weighted by Crippen LogP contribution is -2.33. The van der Waals surface area contributed by atoms with Crippen molar-refractivity contribution < 1.29 is 14.3 Å². The minimum absolute atomic E-state index is 0.00407. The van der Waals surface area contributed by atoms with Crippen molar-refractivity contribution in [3.05, 3.63) is 12.2 Å². The molecule has 1 aliphatic heterocycles. The van der Waals surface area contributed by atoms with Crippen LogP contribution in [0.5, 0.6) is 0 Å². The Kier molecular flexibility index (Phi) is 1.46. The van der Waals surface area contributed by atoms with Crippen molar-refractivity contribution in [2.75, 3.05) is 13.7 Å². The second-order valence-electron chi connectivity index (χ2n) is 5.69. The number of rotatable bonds is 2. The number of carbonyl (C=O) groups is 1. The van der Waals surface area contributed by atoms with Crippen LogP contribution in [0.15, 0.2) is 12.2 Å². The first-order valence-electron chi connectivity index (χ1n) is 6.14. The Labute approximate surface area is 94.8 Å². The Morgan fingerprint density at radius 3 is 3.25 bits per heavy atom. The number of fused-ring (bicyclic) bond motifs is 1. The Hall–Kier alpha value is -0.830. The summed E-state index contributed by atoms with van der Waals surface area (Å²) in [7, 11) is 1.48. The molecule has 3 nitrogen and oxygen atoms in total. The SMILES string of the molecule is COC(=O)CC12CC3CCOC14C3C=CC24. The summed E-state index contributed by atoms with van der Waals surface area (Å²) in [5, 5.41) is 0. The van der Waals surface area contributed by atoms with E-state index in [-0.39, 0.29) is 17.0 Å². The predicted molar refractivity (Wildman–Crippen MR) is 56.6 cm³/mol. The van der Waals surface area contributed by atoms with Crippen LogP contribution in [0, 0.1) is 23.2 Å². The predicted octanol–water partition coefficient (Wildman–Crippen LogP) is 1.53. The van der Waals surface area contributed by atoms with Gasteiger partial charge in [0, 0.05) is 23.9 Å². The van der Waals surface area contributed by atoms with E-state index in [9.17, 15) is 4.79 Å². The van der Waals surface area contributed by atoms with E-state index in [0.29, 0.717) is 18.3 Å². The Bertz CT molecular complexity index is 402. The van der Waals surface area contributed by atoms with Crippen LogP contribution in [0.2, 0.25) is 0 Å². The molecule has 0 aromatic heterocycles. The molecule has 5 unspecified atom stereocenters. The van der Waals surface area contributed by atoms with Gasteiger partial charge in [-0.15, -0.1) is 0 Å². The average molecular weight is 220 g/mol. The fourth-order valence-electron chi connectivity index (χ4n) is 4.89. The summed E-state index contributed by atoms with van der Waals surface area (Å²) >= 11 is 0. The fraction of sp³-hybridized carbons (Fsp3) is 0.769. The number of hydrogen-bond acceptors (Lipinski definition) is 3. The average Bonchev–Trinajstić information content (AvgIpc) is 2.55. The van der Waals surface area contributed by atoms with Gasteiger partial charge in [-0.1, -0.05) is 12.2 Å². The Morgan fingerprint density at radius 2 is 2.44 bits per heavy atom. The lowest BCUT2D eigenvalue weighted by Gasteiger charge is -2.30. The second kappa shape index (κ2) is 2.53. The lowest BCUT2D eigenvalue weighted by atomic mass is 9.86. The van der Waals surface area contributed by atoms with Crippen LogP contribution in [0.25, 0.3) is 0 Å². The number of hydrogen-bond donors (Lipinski definition) is 0. The van der Waals surface area contributed by atoms with Gasteiger partial charge in [0.15, 0.2) is 0 Å². The number of carbonyl (C=O) groups excluding carboxylic acids is 1. The normalized spacial score (nSPS) is 54.9. The van der Waals surface area contributed by atoms with Crippen LogP contribution in [-0.4, -0.2) is 25.3 Å². The quantitative estimate of drug-likeness (QED) is 0.523. The van der Waals surface area contributed by atoms with Gasteiger partial charge in [-0.3, -0.25) is 4.79 Å². The van der Waals surface area contributed by atoms with Crippen LogP contribution in [0.1, 0.15) is 19.3 Å². The maximum absolute atomic E-state index is 11.6. The third kappa shape index (κ3) is 0.717. The highest BCUT2D eigenvalue weighted by Gasteiger charge is 2.86. The summed E-state index contributed by atoms with van der Waals surface area (Å²) < 4.78 is 10.9. The molecule has 1 heterocycles. The number of methoxy groups -OCH3 is 1. The molecule has 0 N–H and O–H groups in total. The molecule has 0 radical (unpaired) electrons. The fourth-order valence-corrected chi connectivity index (χ4v) is 4.89. The molecular weight excluding hydrogens is 204 g/mol. The minimum atomic E-state index is -0.0768. The van der Waals surface area contributed by atoms with E-state index in [0.717, 1.165) is 25.4 Å². The molecule has 3 fully saturated rings. The molecule has 2 saturated carbocycles. The first-order valence-corrected chi connectivity index (χ1v) is 6.14. The first-order chi connectivity index (χ1) is 7.74. The van der Waals surface area contributed by atoms with Crippen molar-refractivity contribution >= 4 is 5.97 Å². The highest BCUT2D eigenvalue weighted by Crippen LogP contribution is 2.83. The van der Waals surface area contributed by atoms with E-state index in [1.165, 1.54) is 7.11 Å². The molecule has 16 heavy (non-hydrogen) atoms. The summed E-state index contributed by atoms with van der Waals surface area (Å²) in [6.07, 6.45) is 7.48. The summed E-state index contributed by atoms with van der Waals surface area (Å²) in [5.74, 6) is 1.73. The van der Waals surface area contributed by atoms with Crippen molar-refractivity contribution in [1.82, 2.24) is 0 Å². The van der Waals surface area contributed by atoms with Gasteiger partial charge in [-0.25, -0.2) is 0 Å². The van der Waals surface area contributed by atoms with Gasteiger partial charge in [-0.05, 0) is 18.8 Å². The maximum Gasteiger partial charge on any atom is 0.306 e. The van der Waals surface area contributed by atoms with Crippen molar-refractivity contribution in [3.8, 4) is 0 Å². The first kappa shape index (κ1) is 9.23. The molecule has 2 bridgehead atoms. The van der Waals surface area contributed by atoms with E-state index >= 15 is 0 Å². The molecule has 3 heteroatoms. The lowest BCUT2D eigenvalue weighted by molar-refractivity contribution is -0.143. The van der Waals surface area contributed by atoms with Crippen molar-refractivity contribution in [2.45, 2.75) is 24.9 Å². The molecule has 86 valence electrons. The monoisotopic (exact) mass is 220 g/mol.